The van der Waals surface area contributed by atoms with Crippen molar-refractivity contribution in [2.75, 3.05) is 0 Å². The van der Waals surface area contributed by atoms with E-state index in [1.54, 1.807) is 12.3 Å². The molecule has 0 bridgehead atoms. The van der Waals surface area contributed by atoms with E-state index in [-0.39, 0.29) is 0 Å². The van der Waals surface area contributed by atoms with E-state index >= 15 is 0 Å². The van der Waals surface area contributed by atoms with Crippen molar-refractivity contribution in [3.8, 4) is 0 Å². The molecule has 0 aliphatic rings. The molecular formula is C14H11F3N2. The third-order valence-electron chi connectivity index (χ3n) is 2.56. The van der Waals surface area contributed by atoms with Crippen LogP contribution in [0.25, 0.3) is 0 Å². The van der Waals surface area contributed by atoms with Crippen molar-refractivity contribution >= 4 is 12.0 Å². The molecule has 1 aromatic heterocycles. The molecule has 2 nitrogen and oxygen atoms in total. The normalized spacial score (nSPS) is 12.0. The first-order chi connectivity index (χ1) is 8.97. The van der Waals surface area contributed by atoms with Gasteiger partial charge in [0.1, 0.15) is 0 Å². The van der Waals surface area contributed by atoms with Gasteiger partial charge in [-0.2, -0.15) is 13.2 Å². The zero-order chi connectivity index (χ0) is 13.9. The van der Waals surface area contributed by atoms with E-state index in [0.29, 0.717) is 11.4 Å². The lowest BCUT2D eigenvalue weighted by Gasteiger charge is -2.05. The molecule has 5 heteroatoms. The molecule has 1 heterocycles. The molecule has 0 N–H and O–H groups in total. The molecule has 0 saturated heterocycles. The summed E-state index contributed by atoms with van der Waals surface area (Å²) in [5.74, 6) is 0.558. The molecule has 0 atom stereocenters. The average Bonchev–Trinajstić information content (AvgIpc) is 2.37. The van der Waals surface area contributed by atoms with Crippen molar-refractivity contribution in [3.63, 3.8) is 0 Å². The number of benzene rings is 1. The van der Waals surface area contributed by atoms with Gasteiger partial charge in [-0.05, 0) is 36.2 Å². The predicted octanol–water partition coefficient (Wildman–Crippen LogP) is 4.16. The minimum Gasteiger partial charge on any atom is -0.237 e. The van der Waals surface area contributed by atoms with Crippen LogP contribution in [0.5, 0.6) is 0 Å². The van der Waals surface area contributed by atoms with Crippen LogP contribution in [0.4, 0.5) is 19.0 Å². The second kappa shape index (κ2) is 5.22. The van der Waals surface area contributed by atoms with Crippen LogP contribution < -0.4 is 0 Å². The molecule has 0 saturated carbocycles. The Bertz CT molecular complexity index is 586. The maximum Gasteiger partial charge on any atom is 0.416 e. The molecule has 1 aromatic carbocycles. The lowest BCUT2D eigenvalue weighted by molar-refractivity contribution is -0.137. The Hall–Kier alpha value is -2.17. The van der Waals surface area contributed by atoms with Crippen LogP contribution in [0.1, 0.15) is 16.7 Å². The van der Waals surface area contributed by atoms with Gasteiger partial charge in [0, 0.05) is 12.4 Å². The standard InChI is InChI=1S/C14H11F3N2/c1-10-3-2-8-18-13(10)19-9-11-4-6-12(7-5-11)14(15,16)17/h2-9H,1H3/b19-9+. The Kier molecular flexibility index (Phi) is 3.64. The summed E-state index contributed by atoms with van der Waals surface area (Å²) in [5, 5.41) is 0. The van der Waals surface area contributed by atoms with Crippen molar-refractivity contribution in [2.45, 2.75) is 13.1 Å². The van der Waals surface area contributed by atoms with Gasteiger partial charge in [-0.3, -0.25) is 0 Å². The molecule has 0 aliphatic heterocycles. The van der Waals surface area contributed by atoms with Crippen LogP contribution >= 0.6 is 0 Å². The van der Waals surface area contributed by atoms with E-state index in [1.165, 1.54) is 18.3 Å². The van der Waals surface area contributed by atoms with Gasteiger partial charge in [-0.1, -0.05) is 18.2 Å². The number of rotatable bonds is 2. The maximum absolute atomic E-state index is 12.4. The highest BCUT2D eigenvalue weighted by atomic mass is 19.4. The number of nitrogens with zero attached hydrogens (tertiary/aromatic N) is 2. The number of hydrogen-bond donors (Lipinski definition) is 0. The van der Waals surface area contributed by atoms with Crippen molar-refractivity contribution < 1.29 is 13.2 Å². The first kappa shape index (κ1) is 13.3. The predicted molar refractivity (Wildman–Crippen MR) is 67.7 cm³/mol. The zero-order valence-electron chi connectivity index (χ0n) is 10.1. The third kappa shape index (κ3) is 3.40. The number of pyridine rings is 1. The topological polar surface area (TPSA) is 25.2 Å². The summed E-state index contributed by atoms with van der Waals surface area (Å²) in [6.45, 7) is 1.87. The summed E-state index contributed by atoms with van der Waals surface area (Å²) >= 11 is 0. The fourth-order valence-corrected chi connectivity index (χ4v) is 1.51. The summed E-state index contributed by atoms with van der Waals surface area (Å²) in [4.78, 5) is 8.22. The number of aromatic nitrogens is 1. The lowest BCUT2D eigenvalue weighted by Crippen LogP contribution is -2.04. The Morgan fingerprint density at radius 3 is 2.37 bits per heavy atom. The van der Waals surface area contributed by atoms with Crippen LogP contribution in [0.3, 0.4) is 0 Å². The van der Waals surface area contributed by atoms with E-state index in [2.05, 4.69) is 9.98 Å². The van der Waals surface area contributed by atoms with Crippen molar-refractivity contribution in [3.05, 3.63) is 59.3 Å². The second-order valence-corrected chi connectivity index (χ2v) is 4.02. The zero-order valence-corrected chi connectivity index (χ0v) is 10.1. The molecule has 0 radical (unpaired) electrons. The Morgan fingerprint density at radius 2 is 1.79 bits per heavy atom. The van der Waals surface area contributed by atoms with Gasteiger partial charge in [0.05, 0.1) is 5.56 Å². The Balaban J connectivity index is 2.19. The van der Waals surface area contributed by atoms with Gasteiger partial charge in [-0.15, -0.1) is 0 Å². The number of alkyl halides is 3. The summed E-state index contributed by atoms with van der Waals surface area (Å²) < 4.78 is 37.1. The van der Waals surface area contributed by atoms with Gasteiger partial charge in [0.25, 0.3) is 0 Å². The molecule has 19 heavy (non-hydrogen) atoms. The molecule has 0 unspecified atom stereocenters. The van der Waals surface area contributed by atoms with E-state index < -0.39 is 11.7 Å². The smallest absolute Gasteiger partial charge is 0.237 e. The monoisotopic (exact) mass is 264 g/mol. The van der Waals surface area contributed by atoms with E-state index in [0.717, 1.165) is 17.7 Å². The minimum absolute atomic E-state index is 0.558. The molecule has 0 amide bonds. The number of aryl methyl sites for hydroxylation is 1. The first-order valence-corrected chi connectivity index (χ1v) is 5.60. The fraction of sp³-hybridized carbons (Fsp3) is 0.143. The van der Waals surface area contributed by atoms with Gasteiger partial charge < -0.3 is 0 Å². The Labute approximate surface area is 108 Å². The number of aliphatic imine (C=N–C) groups is 1. The quantitative estimate of drug-likeness (QED) is 0.748. The Morgan fingerprint density at radius 1 is 1.11 bits per heavy atom. The summed E-state index contributed by atoms with van der Waals surface area (Å²) in [5.41, 5.74) is 0.836. The van der Waals surface area contributed by atoms with Crippen molar-refractivity contribution in [2.24, 2.45) is 4.99 Å². The maximum atomic E-state index is 12.4. The molecule has 0 fully saturated rings. The van der Waals surface area contributed by atoms with Gasteiger partial charge in [0.15, 0.2) is 5.82 Å². The van der Waals surface area contributed by atoms with E-state index in [1.807, 2.05) is 13.0 Å². The third-order valence-corrected chi connectivity index (χ3v) is 2.56. The highest BCUT2D eigenvalue weighted by Gasteiger charge is 2.29. The molecule has 2 aromatic rings. The first-order valence-electron chi connectivity index (χ1n) is 5.60. The van der Waals surface area contributed by atoms with Crippen LogP contribution in [-0.2, 0) is 6.18 Å². The van der Waals surface area contributed by atoms with Crippen molar-refractivity contribution in [1.29, 1.82) is 0 Å². The van der Waals surface area contributed by atoms with Gasteiger partial charge in [0.2, 0.25) is 0 Å². The minimum atomic E-state index is -4.31. The number of hydrogen-bond acceptors (Lipinski definition) is 2. The van der Waals surface area contributed by atoms with Crippen LogP contribution in [0, 0.1) is 6.92 Å². The van der Waals surface area contributed by atoms with Gasteiger partial charge >= 0.3 is 6.18 Å². The van der Waals surface area contributed by atoms with Crippen LogP contribution in [0.15, 0.2) is 47.6 Å². The summed E-state index contributed by atoms with van der Waals surface area (Å²) in [6.07, 6.45) is -1.20. The second-order valence-electron chi connectivity index (χ2n) is 4.02. The lowest BCUT2D eigenvalue weighted by atomic mass is 10.1. The SMILES string of the molecule is Cc1cccnc1/N=C/c1ccc(C(F)(F)F)cc1. The molecule has 98 valence electrons. The molecule has 0 aliphatic carbocycles. The number of halogens is 3. The molecule has 0 spiro atoms. The average molecular weight is 264 g/mol. The van der Waals surface area contributed by atoms with E-state index in [9.17, 15) is 13.2 Å². The highest BCUT2D eigenvalue weighted by Crippen LogP contribution is 2.28. The largest absolute Gasteiger partial charge is 0.416 e. The summed E-state index contributed by atoms with van der Waals surface area (Å²) in [6, 6.07) is 8.49. The molecular weight excluding hydrogens is 253 g/mol. The summed E-state index contributed by atoms with van der Waals surface area (Å²) in [7, 11) is 0. The van der Waals surface area contributed by atoms with E-state index in [4.69, 9.17) is 0 Å². The molecule has 2 rings (SSSR count). The fourth-order valence-electron chi connectivity index (χ4n) is 1.51. The van der Waals surface area contributed by atoms with Gasteiger partial charge in [-0.25, -0.2) is 9.98 Å². The van der Waals surface area contributed by atoms with Crippen LogP contribution in [-0.4, -0.2) is 11.2 Å². The van der Waals surface area contributed by atoms with Crippen LogP contribution in [0.2, 0.25) is 0 Å². The highest BCUT2D eigenvalue weighted by molar-refractivity contribution is 5.81. The van der Waals surface area contributed by atoms with Crippen molar-refractivity contribution in [1.82, 2.24) is 4.98 Å².